The molecule has 25 heavy (non-hydrogen) atoms. The summed E-state index contributed by atoms with van der Waals surface area (Å²) in [6.07, 6.45) is 4.44. The first-order valence-corrected chi connectivity index (χ1v) is 8.89. The smallest absolute Gasteiger partial charge is 0.493 e. The summed E-state index contributed by atoms with van der Waals surface area (Å²) < 4.78 is 80.4. The molecule has 1 heterocycles. The molecule has 0 radical (unpaired) electrons. The van der Waals surface area contributed by atoms with Crippen molar-refractivity contribution < 1.29 is 39.7 Å². The molecule has 0 bridgehead atoms. The predicted octanol–water partition coefficient (Wildman–Crippen LogP) is 3.99. The van der Waals surface area contributed by atoms with E-state index in [2.05, 4.69) is 4.18 Å². The number of alkyl halides is 3. The van der Waals surface area contributed by atoms with Gasteiger partial charge in [-0.3, -0.25) is 0 Å². The number of hydrogen-bond donors (Lipinski definition) is 0. The second kappa shape index (κ2) is 6.32. The summed E-state index contributed by atoms with van der Waals surface area (Å²) in [4.78, 5) is 0. The van der Waals surface area contributed by atoms with Gasteiger partial charge in [0.25, 0.3) is 0 Å². The molecule has 10 heteroatoms. The molecule has 3 rings (SSSR count). The van der Waals surface area contributed by atoms with Crippen molar-refractivity contribution in [3.63, 3.8) is 0 Å². The standard InChI is InChI=1S/C15H15F3O6S/c1-21-11-7-6-10-12(24-25(19,20)15(16,17)18)8-22-13(10)14(11)23-9-4-2-3-5-9/h6-9H,2-5H2,1H3. The van der Waals surface area contributed by atoms with E-state index in [0.29, 0.717) is 5.75 Å². The van der Waals surface area contributed by atoms with Gasteiger partial charge in [0, 0.05) is 0 Å². The van der Waals surface area contributed by atoms with E-state index in [4.69, 9.17) is 13.9 Å². The molecule has 0 unspecified atom stereocenters. The molecule has 1 aromatic carbocycles. The van der Waals surface area contributed by atoms with Crippen LogP contribution in [0, 0.1) is 0 Å². The number of ether oxygens (including phenoxy) is 2. The second-order valence-corrected chi connectivity index (χ2v) is 7.12. The first-order chi connectivity index (χ1) is 11.7. The van der Waals surface area contributed by atoms with E-state index in [-0.39, 0.29) is 22.8 Å². The van der Waals surface area contributed by atoms with E-state index in [0.717, 1.165) is 31.9 Å². The number of furan rings is 1. The summed E-state index contributed by atoms with van der Waals surface area (Å²) in [6.45, 7) is 0. The van der Waals surface area contributed by atoms with Crippen molar-refractivity contribution in [3.05, 3.63) is 18.4 Å². The van der Waals surface area contributed by atoms with Crippen molar-refractivity contribution in [1.82, 2.24) is 0 Å². The third-order valence-electron chi connectivity index (χ3n) is 3.91. The third kappa shape index (κ3) is 3.35. The maximum Gasteiger partial charge on any atom is 0.534 e. The SMILES string of the molecule is COc1ccc2c(OS(=O)(=O)C(F)(F)F)coc2c1OC1CCCC1. The topological polar surface area (TPSA) is 75.0 Å². The highest BCUT2D eigenvalue weighted by Gasteiger charge is 2.49. The van der Waals surface area contributed by atoms with Crippen LogP contribution in [-0.4, -0.2) is 27.1 Å². The highest BCUT2D eigenvalue weighted by atomic mass is 32.2. The van der Waals surface area contributed by atoms with Crippen LogP contribution in [0.15, 0.2) is 22.8 Å². The maximum atomic E-state index is 12.5. The van der Waals surface area contributed by atoms with E-state index in [1.54, 1.807) is 0 Å². The van der Waals surface area contributed by atoms with Crippen LogP contribution in [0.3, 0.4) is 0 Å². The molecule has 2 aromatic rings. The van der Waals surface area contributed by atoms with Gasteiger partial charge in [-0.25, -0.2) is 0 Å². The zero-order valence-corrected chi connectivity index (χ0v) is 13.9. The molecule has 0 N–H and O–H groups in total. The van der Waals surface area contributed by atoms with Gasteiger partial charge in [0.2, 0.25) is 5.75 Å². The van der Waals surface area contributed by atoms with Gasteiger partial charge in [0.1, 0.15) is 6.26 Å². The second-order valence-electron chi connectivity index (χ2n) is 5.58. The monoisotopic (exact) mass is 380 g/mol. The van der Waals surface area contributed by atoms with E-state index in [9.17, 15) is 21.6 Å². The molecule has 138 valence electrons. The minimum absolute atomic E-state index is 0.0432. The molecule has 0 saturated heterocycles. The van der Waals surface area contributed by atoms with Gasteiger partial charge in [-0.1, -0.05) is 0 Å². The van der Waals surface area contributed by atoms with Crippen LogP contribution < -0.4 is 13.7 Å². The zero-order chi connectivity index (χ0) is 18.2. The van der Waals surface area contributed by atoms with Gasteiger partial charge < -0.3 is 18.1 Å². The van der Waals surface area contributed by atoms with Gasteiger partial charge in [0.15, 0.2) is 17.1 Å². The fourth-order valence-electron chi connectivity index (χ4n) is 2.71. The van der Waals surface area contributed by atoms with E-state index >= 15 is 0 Å². The Morgan fingerprint density at radius 3 is 2.44 bits per heavy atom. The normalized spacial score (nSPS) is 16.3. The van der Waals surface area contributed by atoms with Crippen molar-refractivity contribution in [2.45, 2.75) is 37.3 Å². The summed E-state index contributed by atoms with van der Waals surface area (Å²) in [5.74, 6) is -0.0172. The van der Waals surface area contributed by atoms with Crippen molar-refractivity contribution in [2.75, 3.05) is 7.11 Å². The zero-order valence-electron chi connectivity index (χ0n) is 13.1. The van der Waals surface area contributed by atoms with Crippen molar-refractivity contribution in [3.8, 4) is 17.2 Å². The average Bonchev–Trinajstić information content (AvgIpc) is 3.16. The number of halogens is 3. The minimum atomic E-state index is -5.80. The molecule has 0 spiro atoms. The van der Waals surface area contributed by atoms with Crippen LogP contribution in [0.5, 0.6) is 17.2 Å². The fourth-order valence-corrected chi connectivity index (χ4v) is 3.17. The summed E-state index contributed by atoms with van der Waals surface area (Å²) >= 11 is 0. The third-order valence-corrected chi connectivity index (χ3v) is 4.88. The Labute approximate surface area is 141 Å². The van der Waals surface area contributed by atoms with Crippen molar-refractivity contribution >= 4 is 21.1 Å². The quantitative estimate of drug-likeness (QED) is 0.577. The number of hydrogen-bond acceptors (Lipinski definition) is 6. The van der Waals surface area contributed by atoms with Crippen LogP contribution in [0.4, 0.5) is 13.2 Å². The Morgan fingerprint density at radius 1 is 1.16 bits per heavy atom. The largest absolute Gasteiger partial charge is 0.534 e. The van der Waals surface area contributed by atoms with E-state index < -0.39 is 21.4 Å². The number of rotatable bonds is 5. The maximum absolute atomic E-state index is 12.5. The lowest BCUT2D eigenvalue weighted by Gasteiger charge is -2.16. The van der Waals surface area contributed by atoms with Gasteiger partial charge in [-0.2, -0.15) is 21.6 Å². The summed E-state index contributed by atoms with van der Waals surface area (Å²) in [5.41, 5.74) is -5.47. The minimum Gasteiger partial charge on any atom is -0.493 e. The average molecular weight is 380 g/mol. The fraction of sp³-hybridized carbons (Fsp3) is 0.467. The molecule has 0 atom stereocenters. The predicted molar refractivity (Wildman–Crippen MR) is 81.3 cm³/mol. The van der Waals surface area contributed by atoms with Crippen LogP contribution >= 0.6 is 0 Å². The molecule has 1 saturated carbocycles. The molecule has 1 aliphatic carbocycles. The van der Waals surface area contributed by atoms with Gasteiger partial charge >= 0.3 is 15.6 Å². The molecule has 1 fully saturated rings. The summed E-state index contributed by atoms with van der Waals surface area (Å²) in [5, 5.41) is 0.0432. The van der Waals surface area contributed by atoms with Crippen LogP contribution in [0.25, 0.3) is 11.0 Å². The molecule has 0 amide bonds. The van der Waals surface area contributed by atoms with Crippen LogP contribution in [0.2, 0.25) is 0 Å². The highest BCUT2D eigenvalue weighted by Crippen LogP contribution is 2.43. The molecular weight excluding hydrogens is 365 g/mol. The Balaban J connectivity index is 2.01. The van der Waals surface area contributed by atoms with E-state index in [1.165, 1.54) is 19.2 Å². The molecule has 1 aromatic heterocycles. The lowest BCUT2D eigenvalue weighted by molar-refractivity contribution is -0.0499. The molecule has 6 nitrogen and oxygen atoms in total. The van der Waals surface area contributed by atoms with E-state index in [1.807, 2.05) is 0 Å². The number of benzene rings is 1. The Bertz CT molecular complexity index is 865. The first-order valence-electron chi connectivity index (χ1n) is 7.48. The lowest BCUT2D eigenvalue weighted by atomic mass is 10.2. The summed E-state index contributed by atoms with van der Waals surface area (Å²) in [7, 11) is -4.38. The van der Waals surface area contributed by atoms with Crippen LogP contribution in [-0.2, 0) is 10.1 Å². The first kappa shape index (κ1) is 17.7. The highest BCUT2D eigenvalue weighted by molar-refractivity contribution is 7.88. The van der Waals surface area contributed by atoms with Crippen molar-refractivity contribution in [2.24, 2.45) is 0 Å². The molecule has 1 aliphatic rings. The van der Waals surface area contributed by atoms with Gasteiger partial charge in [-0.15, -0.1) is 0 Å². The molecular formula is C15H15F3O6S. The number of methoxy groups -OCH3 is 1. The number of fused-ring (bicyclic) bond motifs is 1. The molecule has 0 aliphatic heterocycles. The van der Waals surface area contributed by atoms with Gasteiger partial charge in [-0.05, 0) is 37.8 Å². The summed E-state index contributed by atoms with van der Waals surface area (Å²) in [6, 6.07) is 2.80. The van der Waals surface area contributed by atoms with Gasteiger partial charge in [0.05, 0.1) is 18.6 Å². The Morgan fingerprint density at radius 2 is 1.84 bits per heavy atom. The lowest BCUT2D eigenvalue weighted by Crippen LogP contribution is -2.27. The Kier molecular flexibility index (Phi) is 4.48. The van der Waals surface area contributed by atoms with Crippen LogP contribution in [0.1, 0.15) is 25.7 Å². The Hall–Kier alpha value is -2.10. The van der Waals surface area contributed by atoms with Crippen molar-refractivity contribution in [1.29, 1.82) is 0 Å².